The van der Waals surface area contributed by atoms with Gasteiger partial charge in [0.1, 0.15) is 0 Å². The minimum Gasteiger partial charge on any atom is -0.306 e. The molecule has 2 aromatic carbocycles. The molecule has 2 aromatic rings. The Morgan fingerprint density at radius 2 is 1.53 bits per heavy atom. The van der Waals surface area contributed by atoms with Crippen LogP contribution in [0.4, 0.5) is 0 Å². The zero-order valence-corrected chi connectivity index (χ0v) is 11.0. The number of Topliss-reactive ketones (excluding diaryl/α,β-unsaturated/α-hetero) is 1. The molecule has 2 unspecified atom stereocenters. The van der Waals surface area contributed by atoms with E-state index >= 15 is 0 Å². The van der Waals surface area contributed by atoms with Gasteiger partial charge in [0.05, 0.1) is 5.25 Å². The summed E-state index contributed by atoms with van der Waals surface area (Å²) in [5.74, 6) is -0.128. The Bertz CT molecular complexity index is 566. The molecule has 1 N–H and O–H groups in total. The van der Waals surface area contributed by atoms with E-state index in [0.717, 1.165) is 0 Å². The Hall–Kier alpha value is -1.78. The van der Waals surface area contributed by atoms with Crippen molar-refractivity contribution in [2.24, 2.45) is 0 Å². The molecule has 2 rings (SSSR count). The van der Waals surface area contributed by atoms with Crippen LogP contribution in [-0.2, 0) is 11.1 Å². The molecule has 0 fully saturated rings. The first kappa shape index (κ1) is 13.6. The average molecular weight is 274 g/mol. The van der Waals surface area contributed by atoms with Gasteiger partial charge in [0.2, 0.25) is 0 Å². The van der Waals surface area contributed by atoms with Gasteiger partial charge in [-0.3, -0.25) is 4.79 Å². The lowest BCUT2D eigenvalue weighted by Crippen LogP contribution is -2.12. The van der Waals surface area contributed by atoms with Crippen molar-refractivity contribution in [3.63, 3.8) is 0 Å². The van der Waals surface area contributed by atoms with E-state index in [-0.39, 0.29) is 12.2 Å². The molecule has 0 heterocycles. The molecule has 0 amide bonds. The lowest BCUT2D eigenvalue weighted by atomic mass is 10.0. The lowest BCUT2D eigenvalue weighted by molar-refractivity contribution is 0.0980. The maximum atomic E-state index is 12.1. The first-order chi connectivity index (χ1) is 9.18. The van der Waals surface area contributed by atoms with Crippen LogP contribution >= 0.6 is 0 Å². The Morgan fingerprint density at radius 3 is 2.05 bits per heavy atom. The van der Waals surface area contributed by atoms with Crippen molar-refractivity contribution in [1.82, 2.24) is 0 Å². The maximum Gasteiger partial charge on any atom is 0.164 e. The number of rotatable bonds is 5. The van der Waals surface area contributed by atoms with Crippen LogP contribution in [0.15, 0.2) is 60.7 Å². The van der Waals surface area contributed by atoms with Crippen LogP contribution in [0.2, 0.25) is 0 Å². The zero-order chi connectivity index (χ0) is 13.7. The van der Waals surface area contributed by atoms with Gasteiger partial charge in [-0.25, -0.2) is 4.21 Å². The third kappa shape index (κ3) is 3.59. The molecule has 0 radical (unpaired) electrons. The summed E-state index contributed by atoms with van der Waals surface area (Å²) in [5, 5.41) is -0.686. The van der Waals surface area contributed by atoms with Crippen LogP contribution in [-0.4, -0.2) is 14.5 Å². The predicted molar refractivity (Wildman–Crippen MR) is 75.3 cm³/mol. The summed E-state index contributed by atoms with van der Waals surface area (Å²) in [4.78, 5) is 12.1. The summed E-state index contributed by atoms with van der Waals surface area (Å²) >= 11 is -2.07. The third-order valence-corrected chi connectivity index (χ3v) is 3.81. The molecular weight excluding hydrogens is 260 g/mol. The quantitative estimate of drug-likeness (QED) is 0.672. The minimum absolute atomic E-state index is 0.0249. The van der Waals surface area contributed by atoms with Crippen LogP contribution in [0, 0.1) is 0 Å². The number of hydrogen-bond acceptors (Lipinski definition) is 2. The molecule has 0 spiro atoms. The summed E-state index contributed by atoms with van der Waals surface area (Å²) in [6.45, 7) is 0. The van der Waals surface area contributed by atoms with Gasteiger partial charge >= 0.3 is 0 Å². The summed E-state index contributed by atoms with van der Waals surface area (Å²) in [5.41, 5.74) is 1.27. The van der Waals surface area contributed by atoms with Crippen LogP contribution in [0.3, 0.4) is 0 Å². The fraction of sp³-hybridized carbons (Fsp3) is 0.133. The van der Waals surface area contributed by atoms with Crippen molar-refractivity contribution in [1.29, 1.82) is 0 Å². The Labute approximate surface area is 114 Å². The van der Waals surface area contributed by atoms with Gasteiger partial charge in [0, 0.05) is 12.0 Å². The molecule has 0 aliphatic rings. The van der Waals surface area contributed by atoms with E-state index in [1.54, 1.807) is 48.5 Å². The van der Waals surface area contributed by atoms with Gasteiger partial charge in [0.25, 0.3) is 0 Å². The molecule has 98 valence electrons. The molecule has 0 saturated carbocycles. The highest BCUT2D eigenvalue weighted by atomic mass is 32.2. The average Bonchev–Trinajstić information content (AvgIpc) is 2.46. The van der Waals surface area contributed by atoms with Crippen molar-refractivity contribution in [3.8, 4) is 0 Å². The largest absolute Gasteiger partial charge is 0.306 e. The number of benzene rings is 2. The number of carbonyl (C=O) groups excluding carboxylic acids is 1. The highest BCUT2D eigenvalue weighted by Crippen LogP contribution is 2.24. The number of ketones is 1. The second-order valence-corrected chi connectivity index (χ2v) is 5.29. The molecule has 0 aliphatic carbocycles. The molecule has 0 bridgehead atoms. The highest BCUT2D eigenvalue weighted by molar-refractivity contribution is 7.79. The highest BCUT2D eigenvalue weighted by Gasteiger charge is 2.21. The Kier molecular flexibility index (Phi) is 4.60. The van der Waals surface area contributed by atoms with E-state index in [0.29, 0.717) is 11.1 Å². The smallest absolute Gasteiger partial charge is 0.164 e. The standard InChI is InChI=1S/C15H14O3S/c16-14(12-7-3-1-4-8-12)11-15(19(17)18)13-9-5-2-6-10-13/h1-10,15H,11H2,(H,17,18). The van der Waals surface area contributed by atoms with Crippen molar-refractivity contribution in [3.05, 3.63) is 71.8 Å². The summed E-state index contributed by atoms with van der Waals surface area (Å²) < 4.78 is 20.8. The maximum absolute atomic E-state index is 12.1. The van der Waals surface area contributed by atoms with Gasteiger partial charge in [0.15, 0.2) is 16.9 Å². The molecule has 0 saturated heterocycles. The van der Waals surface area contributed by atoms with Crippen molar-refractivity contribution in [2.45, 2.75) is 11.7 Å². The van der Waals surface area contributed by atoms with Crippen LogP contribution in [0.25, 0.3) is 0 Å². The number of hydrogen-bond donors (Lipinski definition) is 1. The molecule has 0 aliphatic heterocycles. The third-order valence-electron chi connectivity index (χ3n) is 2.88. The van der Waals surface area contributed by atoms with E-state index < -0.39 is 16.3 Å². The fourth-order valence-electron chi connectivity index (χ4n) is 1.88. The minimum atomic E-state index is -2.07. The zero-order valence-electron chi connectivity index (χ0n) is 10.2. The van der Waals surface area contributed by atoms with Gasteiger partial charge in [-0.05, 0) is 5.56 Å². The Morgan fingerprint density at radius 1 is 1.00 bits per heavy atom. The monoisotopic (exact) mass is 274 g/mol. The summed E-state index contributed by atoms with van der Waals surface area (Å²) in [6.07, 6.45) is 0.0249. The van der Waals surface area contributed by atoms with E-state index in [1.807, 2.05) is 12.1 Å². The van der Waals surface area contributed by atoms with Gasteiger partial charge < -0.3 is 4.55 Å². The van der Waals surface area contributed by atoms with Crippen molar-refractivity contribution in [2.75, 3.05) is 0 Å². The second-order valence-electron chi connectivity index (χ2n) is 4.17. The molecule has 2 atom stereocenters. The first-order valence-electron chi connectivity index (χ1n) is 5.91. The second kappa shape index (κ2) is 6.41. The summed E-state index contributed by atoms with van der Waals surface area (Å²) in [7, 11) is 0. The Balaban J connectivity index is 2.19. The molecule has 3 nitrogen and oxygen atoms in total. The summed E-state index contributed by atoms with van der Waals surface area (Å²) in [6, 6.07) is 17.8. The van der Waals surface area contributed by atoms with E-state index in [4.69, 9.17) is 0 Å². The van der Waals surface area contributed by atoms with Crippen LogP contribution in [0.1, 0.15) is 27.6 Å². The molecule has 0 aromatic heterocycles. The number of carbonyl (C=O) groups is 1. The molecular formula is C15H14O3S. The van der Waals surface area contributed by atoms with Crippen molar-refractivity contribution < 1.29 is 13.6 Å². The van der Waals surface area contributed by atoms with E-state index in [2.05, 4.69) is 0 Å². The van der Waals surface area contributed by atoms with E-state index in [9.17, 15) is 13.6 Å². The van der Waals surface area contributed by atoms with Crippen molar-refractivity contribution >= 4 is 16.9 Å². The first-order valence-corrected chi connectivity index (χ1v) is 7.08. The van der Waals surface area contributed by atoms with E-state index in [1.165, 1.54) is 0 Å². The normalized spacial score (nSPS) is 13.7. The fourth-order valence-corrected chi connectivity index (χ4v) is 2.57. The molecule has 4 heteroatoms. The SMILES string of the molecule is O=C(CC(c1ccccc1)S(=O)O)c1ccccc1. The topological polar surface area (TPSA) is 54.4 Å². The van der Waals surface area contributed by atoms with Crippen LogP contribution in [0.5, 0.6) is 0 Å². The van der Waals surface area contributed by atoms with Gasteiger partial charge in [-0.2, -0.15) is 0 Å². The van der Waals surface area contributed by atoms with Gasteiger partial charge in [-0.15, -0.1) is 0 Å². The van der Waals surface area contributed by atoms with Crippen LogP contribution < -0.4 is 0 Å². The van der Waals surface area contributed by atoms with Gasteiger partial charge in [-0.1, -0.05) is 60.7 Å². The molecule has 19 heavy (non-hydrogen) atoms. The lowest BCUT2D eigenvalue weighted by Gasteiger charge is -2.12. The predicted octanol–water partition coefficient (Wildman–Crippen LogP) is 3.22.